The van der Waals surface area contributed by atoms with E-state index < -0.39 is 0 Å². The van der Waals surface area contributed by atoms with Gasteiger partial charge >= 0.3 is 0 Å². The first-order valence-electron chi connectivity index (χ1n) is 6.51. The Morgan fingerprint density at radius 2 is 2.35 bits per heavy atom. The third-order valence-corrected chi connectivity index (χ3v) is 5.12. The molecule has 106 valence electrons. The number of nitrogens with two attached hydrogens (primary N) is 1. The molecule has 2 aromatic rings. The normalized spacial score (nSPS) is 18.9. The van der Waals surface area contributed by atoms with Gasteiger partial charge in [-0.25, -0.2) is 0 Å². The molecular weight excluding hydrogens is 296 g/mol. The molecular formula is C14H15ClN2O2S. The third kappa shape index (κ3) is 2.16. The summed E-state index contributed by atoms with van der Waals surface area (Å²) >= 11 is 7.33. The fraction of sp³-hybridized carbons (Fsp3) is 0.357. The standard InChI is InChI=1S/C14H15ClN2O2S/c15-8-3-4-10-11(6-8)20-13(12(10)16)14(19)17-5-1-2-9(17)7-18/h3-4,6,9,18H,1-2,5,7,16H2. The summed E-state index contributed by atoms with van der Waals surface area (Å²) < 4.78 is 0.915. The number of carbonyl (C=O) groups is 1. The van der Waals surface area contributed by atoms with Crippen molar-refractivity contribution in [1.82, 2.24) is 4.90 Å². The fourth-order valence-corrected chi connectivity index (χ4v) is 4.03. The summed E-state index contributed by atoms with van der Waals surface area (Å²) in [7, 11) is 0. The molecule has 4 nitrogen and oxygen atoms in total. The monoisotopic (exact) mass is 310 g/mol. The predicted molar refractivity (Wildman–Crippen MR) is 82.4 cm³/mol. The van der Waals surface area contributed by atoms with Crippen LogP contribution in [0.4, 0.5) is 5.69 Å². The van der Waals surface area contributed by atoms with Crippen LogP contribution in [0.15, 0.2) is 18.2 Å². The summed E-state index contributed by atoms with van der Waals surface area (Å²) in [5.41, 5.74) is 6.61. The maximum atomic E-state index is 12.6. The molecule has 1 unspecified atom stereocenters. The van der Waals surface area contributed by atoms with E-state index in [-0.39, 0.29) is 18.6 Å². The van der Waals surface area contributed by atoms with Crippen LogP contribution in [0.2, 0.25) is 5.02 Å². The number of carbonyl (C=O) groups excluding carboxylic acids is 1. The zero-order valence-electron chi connectivity index (χ0n) is 10.8. The van der Waals surface area contributed by atoms with E-state index in [1.54, 1.807) is 11.0 Å². The Hall–Kier alpha value is -1.30. The number of nitrogens with zero attached hydrogens (tertiary/aromatic N) is 1. The maximum absolute atomic E-state index is 12.6. The zero-order chi connectivity index (χ0) is 14.3. The molecule has 1 aromatic carbocycles. The fourth-order valence-electron chi connectivity index (χ4n) is 2.67. The van der Waals surface area contributed by atoms with Crippen LogP contribution in [-0.4, -0.2) is 35.1 Å². The lowest BCUT2D eigenvalue weighted by molar-refractivity contribution is 0.0683. The molecule has 0 saturated carbocycles. The van der Waals surface area contributed by atoms with Gasteiger partial charge in [-0.1, -0.05) is 11.6 Å². The minimum atomic E-state index is -0.0873. The number of hydrogen-bond donors (Lipinski definition) is 2. The Bertz CT molecular complexity index is 670. The molecule has 1 fully saturated rings. The molecule has 1 aliphatic rings. The SMILES string of the molecule is Nc1c(C(=O)N2CCCC2CO)sc2cc(Cl)ccc12. The maximum Gasteiger partial charge on any atom is 0.266 e. The average molecular weight is 311 g/mol. The average Bonchev–Trinajstić information content (AvgIpc) is 3.02. The Morgan fingerprint density at radius 3 is 3.10 bits per heavy atom. The number of benzene rings is 1. The molecule has 3 N–H and O–H groups in total. The molecule has 1 aromatic heterocycles. The predicted octanol–water partition coefficient (Wildman–Crippen LogP) is 2.73. The zero-order valence-corrected chi connectivity index (χ0v) is 12.4. The van der Waals surface area contributed by atoms with Gasteiger partial charge in [0.25, 0.3) is 5.91 Å². The van der Waals surface area contributed by atoms with Gasteiger partial charge in [-0.15, -0.1) is 11.3 Å². The van der Waals surface area contributed by atoms with Crippen molar-refractivity contribution in [2.24, 2.45) is 0 Å². The van der Waals surface area contributed by atoms with Crippen LogP contribution in [0.25, 0.3) is 10.1 Å². The van der Waals surface area contributed by atoms with E-state index in [1.165, 1.54) is 11.3 Å². The smallest absolute Gasteiger partial charge is 0.266 e. The lowest BCUT2D eigenvalue weighted by Gasteiger charge is -2.22. The van der Waals surface area contributed by atoms with Crippen molar-refractivity contribution >= 4 is 44.6 Å². The Kier molecular flexibility index (Phi) is 3.58. The number of halogens is 1. The van der Waals surface area contributed by atoms with Crippen molar-refractivity contribution in [2.75, 3.05) is 18.9 Å². The van der Waals surface area contributed by atoms with E-state index in [0.29, 0.717) is 22.1 Å². The number of thiophene rings is 1. The van der Waals surface area contributed by atoms with E-state index in [1.807, 2.05) is 12.1 Å². The number of amides is 1. The number of aliphatic hydroxyl groups is 1. The number of fused-ring (bicyclic) bond motifs is 1. The van der Waals surface area contributed by atoms with Crippen LogP contribution in [0.3, 0.4) is 0 Å². The Labute approximate surface area is 125 Å². The molecule has 2 heterocycles. The molecule has 6 heteroatoms. The molecule has 0 bridgehead atoms. The summed E-state index contributed by atoms with van der Waals surface area (Å²) in [5.74, 6) is -0.0867. The first-order chi connectivity index (χ1) is 9.61. The van der Waals surface area contributed by atoms with Crippen molar-refractivity contribution < 1.29 is 9.90 Å². The summed E-state index contributed by atoms with van der Waals surface area (Å²) in [6.07, 6.45) is 1.77. The van der Waals surface area contributed by atoms with E-state index in [0.717, 1.165) is 22.9 Å². The highest BCUT2D eigenvalue weighted by molar-refractivity contribution is 7.21. The van der Waals surface area contributed by atoms with Crippen molar-refractivity contribution in [3.05, 3.63) is 28.1 Å². The van der Waals surface area contributed by atoms with Crippen LogP contribution in [0.5, 0.6) is 0 Å². The van der Waals surface area contributed by atoms with Crippen LogP contribution in [0, 0.1) is 0 Å². The number of aliphatic hydroxyl groups excluding tert-OH is 1. The van der Waals surface area contributed by atoms with Gasteiger partial charge in [-0.2, -0.15) is 0 Å². The molecule has 20 heavy (non-hydrogen) atoms. The van der Waals surface area contributed by atoms with E-state index >= 15 is 0 Å². The van der Waals surface area contributed by atoms with Crippen molar-refractivity contribution in [2.45, 2.75) is 18.9 Å². The highest BCUT2D eigenvalue weighted by Crippen LogP contribution is 2.36. The van der Waals surface area contributed by atoms with Gasteiger partial charge in [0.1, 0.15) is 4.88 Å². The van der Waals surface area contributed by atoms with Crippen LogP contribution in [0.1, 0.15) is 22.5 Å². The summed E-state index contributed by atoms with van der Waals surface area (Å²) in [6, 6.07) is 5.35. The molecule has 0 radical (unpaired) electrons. The summed E-state index contributed by atoms with van der Waals surface area (Å²) in [5, 5.41) is 10.8. The Balaban J connectivity index is 2.01. The first kappa shape index (κ1) is 13.7. The molecule has 0 spiro atoms. The van der Waals surface area contributed by atoms with E-state index in [4.69, 9.17) is 17.3 Å². The number of nitrogen functional groups attached to an aromatic ring is 1. The second-order valence-electron chi connectivity index (χ2n) is 4.96. The quantitative estimate of drug-likeness (QED) is 0.896. The van der Waals surface area contributed by atoms with Crippen molar-refractivity contribution in [3.8, 4) is 0 Å². The molecule has 1 atom stereocenters. The number of likely N-dealkylation sites (tertiary alicyclic amines) is 1. The van der Waals surface area contributed by atoms with Crippen molar-refractivity contribution in [3.63, 3.8) is 0 Å². The molecule has 1 amide bonds. The highest BCUT2D eigenvalue weighted by atomic mass is 35.5. The lowest BCUT2D eigenvalue weighted by atomic mass is 10.2. The number of rotatable bonds is 2. The van der Waals surface area contributed by atoms with Gasteiger partial charge in [0.05, 0.1) is 18.3 Å². The van der Waals surface area contributed by atoms with Gasteiger partial charge < -0.3 is 15.7 Å². The van der Waals surface area contributed by atoms with Gasteiger partial charge in [0.15, 0.2) is 0 Å². The summed E-state index contributed by atoms with van der Waals surface area (Å²) in [4.78, 5) is 14.9. The van der Waals surface area contributed by atoms with Crippen LogP contribution >= 0.6 is 22.9 Å². The second-order valence-corrected chi connectivity index (χ2v) is 6.45. The highest BCUT2D eigenvalue weighted by Gasteiger charge is 2.31. The minimum absolute atomic E-state index is 0.00235. The molecule has 3 rings (SSSR count). The summed E-state index contributed by atoms with van der Waals surface area (Å²) in [6.45, 7) is 0.681. The molecule has 1 saturated heterocycles. The minimum Gasteiger partial charge on any atom is -0.397 e. The Morgan fingerprint density at radius 1 is 1.55 bits per heavy atom. The molecule has 0 aliphatic carbocycles. The van der Waals surface area contributed by atoms with Gasteiger partial charge in [-0.05, 0) is 31.0 Å². The first-order valence-corrected chi connectivity index (χ1v) is 7.70. The van der Waals surface area contributed by atoms with Gasteiger partial charge in [0, 0.05) is 21.7 Å². The lowest BCUT2D eigenvalue weighted by Crippen LogP contribution is -2.37. The van der Waals surface area contributed by atoms with E-state index in [2.05, 4.69) is 0 Å². The second kappa shape index (κ2) is 5.24. The van der Waals surface area contributed by atoms with E-state index in [9.17, 15) is 9.90 Å². The van der Waals surface area contributed by atoms with Crippen LogP contribution in [-0.2, 0) is 0 Å². The third-order valence-electron chi connectivity index (χ3n) is 3.73. The molecule has 1 aliphatic heterocycles. The number of anilines is 1. The topological polar surface area (TPSA) is 66.6 Å². The largest absolute Gasteiger partial charge is 0.397 e. The van der Waals surface area contributed by atoms with Crippen molar-refractivity contribution in [1.29, 1.82) is 0 Å². The van der Waals surface area contributed by atoms with Crippen LogP contribution < -0.4 is 5.73 Å². The van der Waals surface area contributed by atoms with Gasteiger partial charge in [0.2, 0.25) is 0 Å². The number of hydrogen-bond acceptors (Lipinski definition) is 4. The van der Waals surface area contributed by atoms with Gasteiger partial charge in [-0.3, -0.25) is 4.79 Å².